The van der Waals surface area contributed by atoms with Gasteiger partial charge in [-0.2, -0.15) is 0 Å². The van der Waals surface area contributed by atoms with Crippen LogP contribution in [0.3, 0.4) is 0 Å². The lowest BCUT2D eigenvalue weighted by atomic mass is 10.1. The number of para-hydroxylation sites is 2. The highest BCUT2D eigenvalue weighted by atomic mass is 35.5. The van der Waals surface area contributed by atoms with Crippen LogP contribution in [0.5, 0.6) is 0 Å². The zero-order valence-corrected chi connectivity index (χ0v) is 19.1. The van der Waals surface area contributed by atoms with E-state index < -0.39 is 0 Å². The molecule has 1 heterocycles. The number of Topliss-reactive ketones (excluding diaryl/α,β-unsaturated/α-hetero) is 1. The van der Waals surface area contributed by atoms with Crippen LogP contribution in [0.15, 0.2) is 78.9 Å². The van der Waals surface area contributed by atoms with E-state index in [1.807, 2.05) is 54.6 Å². The van der Waals surface area contributed by atoms with Gasteiger partial charge in [0.1, 0.15) is 0 Å². The Labute approximate surface area is 197 Å². The molecule has 0 aliphatic rings. The van der Waals surface area contributed by atoms with E-state index in [0.717, 1.165) is 16.6 Å². The number of aromatic nitrogens is 2. The van der Waals surface area contributed by atoms with Gasteiger partial charge in [0, 0.05) is 37.1 Å². The van der Waals surface area contributed by atoms with E-state index in [2.05, 4.69) is 0 Å². The second kappa shape index (κ2) is 9.88. The number of carbonyl (C=O) groups is 2. The number of fused-ring (bicyclic) bond motifs is 1. The summed E-state index contributed by atoms with van der Waals surface area (Å²) in [4.78, 5) is 27.3. The van der Waals surface area contributed by atoms with E-state index in [9.17, 15) is 9.59 Å². The number of aryl methyl sites for hydroxylation is 1. The molecule has 7 heteroatoms. The topological polar surface area (TPSA) is 71.1 Å². The Kier molecular flexibility index (Phi) is 6.75. The predicted molar refractivity (Wildman–Crippen MR) is 129 cm³/mol. The highest BCUT2D eigenvalue weighted by Gasteiger charge is 2.16. The van der Waals surface area contributed by atoms with Crippen molar-refractivity contribution in [3.05, 3.63) is 101 Å². The molecule has 0 spiro atoms. The van der Waals surface area contributed by atoms with Gasteiger partial charge in [-0.25, -0.2) is 0 Å². The Morgan fingerprint density at radius 1 is 0.879 bits per heavy atom. The van der Waals surface area contributed by atoms with E-state index in [4.69, 9.17) is 17.0 Å². The molecular formula is C26H25ClN4O2. The van der Waals surface area contributed by atoms with Gasteiger partial charge in [-0.1, -0.05) is 54.1 Å². The maximum Gasteiger partial charge on any atom is 0.224 e. The Hall–Kier alpha value is -3.64. The maximum absolute atomic E-state index is 12.8. The number of halogens is 1. The second-order valence-electron chi connectivity index (χ2n) is 7.97. The van der Waals surface area contributed by atoms with Crippen LogP contribution in [0.4, 0.5) is 0 Å². The summed E-state index contributed by atoms with van der Waals surface area (Å²) in [6.45, 7) is 0.935. The first kappa shape index (κ1) is 22.6. The molecule has 0 saturated carbocycles. The van der Waals surface area contributed by atoms with Crippen molar-refractivity contribution in [3.63, 3.8) is 0 Å². The molecule has 0 unspecified atom stereocenters. The summed E-state index contributed by atoms with van der Waals surface area (Å²) in [6, 6.07) is 24.2. The Morgan fingerprint density at radius 3 is 2.15 bits per heavy atom. The van der Waals surface area contributed by atoms with Gasteiger partial charge in [-0.3, -0.25) is 15.0 Å². The van der Waals surface area contributed by atoms with E-state index in [1.165, 1.54) is 0 Å². The molecule has 1 N–H and O–H groups in total. The number of hydrogen-bond donors (Lipinski definition) is 1. The summed E-state index contributed by atoms with van der Waals surface area (Å²) in [6.07, 6.45) is 0.263. The third-order valence-electron chi connectivity index (χ3n) is 5.68. The van der Waals surface area contributed by atoms with Crippen LogP contribution < -0.4 is 5.62 Å². The summed E-state index contributed by atoms with van der Waals surface area (Å²) >= 11 is 5.93. The molecule has 0 radical (unpaired) electrons. The third-order valence-corrected chi connectivity index (χ3v) is 5.93. The van der Waals surface area contributed by atoms with Crippen molar-refractivity contribution in [2.75, 3.05) is 7.05 Å². The normalized spacial score (nSPS) is 11.0. The fraction of sp³-hybridized carbons (Fsp3) is 0.192. The molecule has 3 aromatic carbocycles. The highest BCUT2D eigenvalue weighted by Crippen LogP contribution is 2.16. The first-order valence-electron chi connectivity index (χ1n) is 10.7. The van der Waals surface area contributed by atoms with Crippen LogP contribution in [0.2, 0.25) is 5.02 Å². The number of hydrogen-bond acceptors (Lipinski definition) is 3. The zero-order chi connectivity index (χ0) is 23.4. The SMILES string of the molecule is CN(Cc1ccccc1)C(=O)CCn1c(=N)n(CC(=O)c2ccc(Cl)cc2)c2ccccc21. The molecule has 6 nitrogen and oxygen atoms in total. The number of carbonyl (C=O) groups excluding carboxylic acids is 2. The van der Waals surface area contributed by atoms with Crippen molar-refractivity contribution in [1.29, 1.82) is 5.41 Å². The first-order chi connectivity index (χ1) is 15.9. The van der Waals surface area contributed by atoms with Gasteiger partial charge in [-0.05, 0) is 42.0 Å². The van der Waals surface area contributed by atoms with Crippen molar-refractivity contribution >= 4 is 34.3 Å². The average Bonchev–Trinajstić information content (AvgIpc) is 3.09. The highest BCUT2D eigenvalue weighted by molar-refractivity contribution is 6.30. The van der Waals surface area contributed by atoms with Crippen molar-refractivity contribution in [3.8, 4) is 0 Å². The van der Waals surface area contributed by atoms with Crippen molar-refractivity contribution < 1.29 is 9.59 Å². The van der Waals surface area contributed by atoms with Gasteiger partial charge in [-0.15, -0.1) is 0 Å². The van der Waals surface area contributed by atoms with Gasteiger partial charge in [0.25, 0.3) is 0 Å². The van der Waals surface area contributed by atoms with Gasteiger partial charge >= 0.3 is 0 Å². The summed E-state index contributed by atoms with van der Waals surface area (Å²) < 4.78 is 3.48. The van der Waals surface area contributed by atoms with Crippen molar-refractivity contribution in [1.82, 2.24) is 14.0 Å². The molecule has 0 bridgehead atoms. The minimum absolute atomic E-state index is 0.000162. The summed E-state index contributed by atoms with van der Waals surface area (Å²) in [5.74, 6) is -0.105. The monoisotopic (exact) mass is 460 g/mol. The Bertz CT molecular complexity index is 1340. The second-order valence-corrected chi connectivity index (χ2v) is 8.40. The number of imidazole rings is 1. The number of rotatable bonds is 8. The van der Waals surface area contributed by atoms with E-state index in [-0.39, 0.29) is 30.3 Å². The van der Waals surface area contributed by atoms with Crippen LogP contribution in [0.1, 0.15) is 22.3 Å². The zero-order valence-electron chi connectivity index (χ0n) is 18.4. The standard InChI is InChI=1S/C26H25ClN4O2/c1-29(17-19-7-3-2-4-8-19)25(33)15-16-30-22-9-5-6-10-23(22)31(26(30)28)18-24(32)20-11-13-21(27)14-12-20/h2-14,28H,15-18H2,1H3. The van der Waals surface area contributed by atoms with Crippen LogP contribution >= 0.6 is 11.6 Å². The van der Waals surface area contributed by atoms with Gasteiger partial charge in [0.15, 0.2) is 5.78 Å². The van der Waals surface area contributed by atoms with Crippen LogP contribution in [-0.2, 0) is 24.4 Å². The van der Waals surface area contributed by atoms with E-state index >= 15 is 0 Å². The fourth-order valence-corrected chi connectivity index (χ4v) is 4.02. The molecule has 168 valence electrons. The molecule has 4 rings (SSSR count). The quantitative estimate of drug-likeness (QED) is 0.393. The van der Waals surface area contributed by atoms with Crippen LogP contribution in [0, 0.1) is 5.41 Å². The first-order valence-corrected chi connectivity index (χ1v) is 11.1. The molecular weight excluding hydrogens is 436 g/mol. The smallest absolute Gasteiger partial charge is 0.224 e. The number of amides is 1. The maximum atomic E-state index is 12.8. The Morgan fingerprint density at radius 2 is 1.48 bits per heavy atom. The molecule has 1 amide bonds. The van der Waals surface area contributed by atoms with Gasteiger partial charge < -0.3 is 14.0 Å². The minimum atomic E-state index is -0.105. The molecule has 0 aliphatic carbocycles. The number of nitrogens with one attached hydrogen (secondary N) is 1. The summed E-state index contributed by atoms with van der Waals surface area (Å²) in [5.41, 5.74) is 3.41. The molecule has 33 heavy (non-hydrogen) atoms. The molecule has 0 fully saturated rings. The van der Waals surface area contributed by atoms with Crippen LogP contribution in [0.25, 0.3) is 11.0 Å². The van der Waals surface area contributed by atoms with E-state index in [0.29, 0.717) is 23.7 Å². The number of ketones is 1. The number of nitrogens with zero attached hydrogens (tertiary/aromatic N) is 3. The van der Waals surface area contributed by atoms with Crippen molar-refractivity contribution in [2.45, 2.75) is 26.1 Å². The molecule has 0 aliphatic heterocycles. The minimum Gasteiger partial charge on any atom is -0.341 e. The van der Waals surface area contributed by atoms with Gasteiger partial charge in [0.05, 0.1) is 17.6 Å². The molecule has 0 saturated heterocycles. The lowest BCUT2D eigenvalue weighted by molar-refractivity contribution is -0.130. The molecule has 4 aromatic rings. The van der Waals surface area contributed by atoms with E-state index in [1.54, 1.807) is 45.3 Å². The number of benzene rings is 3. The summed E-state index contributed by atoms with van der Waals surface area (Å²) in [7, 11) is 1.79. The lowest BCUT2D eigenvalue weighted by Gasteiger charge is -2.17. The fourth-order valence-electron chi connectivity index (χ4n) is 3.90. The van der Waals surface area contributed by atoms with Crippen molar-refractivity contribution in [2.24, 2.45) is 0 Å². The third kappa shape index (κ3) is 5.07. The average molecular weight is 461 g/mol. The van der Waals surface area contributed by atoms with Crippen LogP contribution in [-0.4, -0.2) is 32.8 Å². The summed E-state index contributed by atoms with van der Waals surface area (Å²) in [5, 5.41) is 9.29. The Balaban J connectivity index is 1.53. The molecule has 0 atom stereocenters. The lowest BCUT2D eigenvalue weighted by Crippen LogP contribution is -2.31. The largest absolute Gasteiger partial charge is 0.341 e. The predicted octanol–water partition coefficient (Wildman–Crippen LogP) is 4.51. The molecule has 1 aromatic heterocycles. The van der Waals surface area contributed by atoms with Gasteiger partial charge in [0.2, 0.25) is 11.5 Å².